The van der Waals surface area contributed by atoms with E-state index in [-0.39, 0.29) is 24.6 Å². The molecule has 2 aromatic heterocycles. The summed E-state index contributed by atoms with van der Waals surface area (Å²) >= 11 is 0. The Balaban J connectivity index is 1.53. The number of aromatic amines is 1. The van der Waals surface area contributed by atoms with Crippen molar-refractivity contribution in [2.24, 2.45) is 0 Å². The van der Waals surface area contributed by atoms with Gasteiger partial charge in [0, 0.05) is 12.7 Å². The number of hydrogen-bond donors (Lipinski definition) is 1. The molecule has 0 atom stereocenters. The molecule has 1 aliphatic heterocycles. The van der Waals surface area contributed by atoms with Gasteiger partial charge in [-0.2, -0.15) is 18.4 Å². The van der Waals surface area contributed by atoms with Crippen LogP contribution in [0.2, 0.25) is 0 Å². The number of H-pyrrole nitrogens is 1. The second-order valence-electron chi connectivity index (χ2n) is 6.60. The van der Waals surface area contributed by atoms with Gasteiger partial charge in [-0.25, -0.2) is 18.1 Å². The van der Waals surface area contributed by atoms with Crippen molar-refractivity contribution in [1.82, 2.24) is 30.5 Å². The Bertz CT molecular complexity index is 1280. The fourth-order valence-electron chi connectivity index (χ4n) is 3.02. The van der Waals surface area contributed by atoms with Crippen LogP contribution in [0.25, 0.3) is 11.5 Å². The van der Waals surface area contributed by atoms with Crippen LogP contribution < -0.4 is 4.90 Å². The van der Waals surface area contributed by atoms with Gasteiger partial charge in [0.25, 0.3) is 15.7 Å². The van der Waals surface area contributed by atoms with Gasteiger partial charge >= 0.3 is 11.5 Å². The summed E-state index contributed by atoms with van der Waals surface area (Å²) in [6, 6.07) is 5.86. The largest absolute Gasteiger partial charge is 0.501 e. The van der Waals surface area contributed by atoms with Crippen LogP contribution >= 0.6 is 0 Å². The minimum Gasteiger partial charge on any atom is -0.310 e. The lowest BCUT2D eigenvalue weighted by atomic mass is 10.2. The highest BCUT2D eigenvalue weighted by molar-refractivity contribution is 7.92. The molecule has 3 heterocycles. The number of halogens is 3. The number of nitrogens with zero attached hydrogens (tertiary/aromatic N) is 6. The standard InChI is InChI=1S/C17H12F3N7O4S/c18-17(19,20)32(30,31)12-3-1-11(2-4-12)27-14(28)9-26(16(27)29)8-10-5-6-21-13(7-10)15-22-24-25-23-15/h1-7H,8-9H2,(H,22,23,24,25). The summed E-state index contributed by atoms with van der Waals surface area (Å²) in [4.78, 5) is 30.3. The number of pyridine rings is 1. The SMILES string of the molecule is O=C1CN(Cc2ccnc(-c3nn[nH]n3)c2)C(=O)N1c1ccc(S(=O)(=O)C(F)(F)F)cc1. The number of nitrogens with one attached hydrogen (secondary N) is 1. The molecule has 3 amide bonds. The van der Waals surface area contributed by atoms with Crippen molar-refractivity contribution in [2.75, 3.05) is 11.4 Å². The molecule has 0 unspecified atom stereocenters. The van der Waals surface area contributed by atoms with Gasteiger partial charge in [-0.05, 0) is 47.2 Å². The number of aromatic nitrogens is 5. The van der Waals surface area contributed by atoms with E-state index in [1.807, 2.05) is 0 Å². The van der Waals surface area contributed by atoms with E-state index in [4.69, 9.17) is 0 Å². The molecule has 0 spiro atoms. The highest BCUT2D eigenvalue weighted by Gasteiger charge is 2.47. The van der Waals surface area contributed by atoms with Gasteiger partial charge in [-0.3, -0.25) is 9.78 Å². The quantitative estimate of drug-likeness (QED) is 0.557. The van der Waals surface area contributed by atoms with Crippen LogP contribution in [-0.4, -0.2) is 62.9 Å². The Morgan fingerprint density at radius 2 is 1.81 bits per heavy atom. The van der Waals surface area contributed by atoms with E-state index in [1.165, 1.54) is 11.1 Å². The Labute approximate surface area is 177 Å². The molecule has 0 saturated carbocycles. The van der Waals surface area contributed by atoms with Crippen LogP contribution in [0, 0.1) is 0 Å². The van der Waals surface area contributed by atoms with Gasteiger partial charge in [-0.1, -0.05) is 0 Å². The normalized spacial score (nSPS) is 15.0. The molecule has 1 fully saturated rings. The van der Waals surface area contributed by atoms with E-state index in [0.717, 1.165) is 17.0 Å². The molecular formula is C17H12F3N7O4S. The van der Waals surface area contributed by atoms with Crippen LogP contribution in [0.15, 0.2) is 47.5 Å². The molecule has 11 nitrogen and oxygen atoms in total. The molecule has 32 heavy (non-hydrogen) atoms. The Morgan fingerprint density at radius 1 is 1.09 bits per heavy atom. The lowest BCUT2D eigenvalue weighted by Gasteiger charge is -2.17. The highest BCUT2D eigenvalue weighted by atomic mass is 32.2. The second kappa shape index (κ2) is 7.67. The Hall–Kier alpha value is -3.88. The number of imide groups is 1. The zero-order valence-electron chi connectivity index (χ0n) is 15.8. The topological polar surface area (TPSA) is 142 Å². The fraction of sp³-hybridized carbons (Fsp3) is 0.176. The first kappa shape index (κ1) is 21.4. The number of anilines is 1. The fourth-order valence-corrected chi connectivity index (χ4v) is 3.78. The number of hydrogen-bond acceptors (Lipinski definition) is 8. The Morgan fingerprint density at radius 3 is 2.44 bits per heavy atom. The minimum absolute atomic E-state index is 0.0367. The predicted molar refractivity (Wildman–Crippen MR) is 100 cm³/mol. The minimum atomic E-state index is -5.54. The summed E-state index contributed by atoms with van der Waals surface area (Å²) in [5.41, 5.74) is -4.50. The summed E-state index contributed by atoms with van der Waals surface area (Å²) in [6.45, 7) is -0.240. The second-order valence-corrected chi connectivity index (χ2v) is 8.54. The van der Waals surface area contributed by atoms with Crippen LogP contribution in [-0.2, 0) is 21.2 Å². The number of amides is 3. The van der Waals surface area contributed by atoms with Crippen molar-refractivity contribution in [1.29, 1.82) is 0 Å². The van der Waals surface area contributed by atoms with Crippen molar-refractivity contribution in [3.63, 3.8) is 0 Å². The number of carbonyl (C=O) groups excluding carboxylic acids is 2. The van der Waals surface area contributed by atoms with Crippen molar-refractivity contribution in [2.45, 2.75) is 16.9 Å². The molecular weight excluding hydrogens is 455 g/mol. The zero-order chi connectivity index (χ0) is 23.1. The predicted octanol–water partition coefficient (Wildman–Crippen LogP) is 1.52. The molecule has 1 aromatic carbocycles. The summed E-state index contributed by atoms with van der Waals surface area (Å²) in [6.07, 6.45) is 1.47. The molecule has 1 N–H and O–H groups in total. The highest BCUT2D eigenvalue weighted by Crippen LogP contribution is 2.32. The summed E-state index contributed by atoms with van der Waals surface area (Å²) in [7, 11) is -5.54. The van der Waals surface area contributed by atoms with Gasteiger partial charge in [0.2, 0.25) is 5.82 Å². The van der Waals surface area contributed by atoms with E-state index >= 15 is 0 Å². The first-order chi connectivity index (χ1) is 15.1. The lowest BCUT2D eigenvalue weighted by Crippen LogP contribution is -2.32. The summed E-state index contributed by atoms with van der Waals surface area (Å²) in [5.74, 6) is -0.375. The third-order valence-electron chi connectivity index (χ3n) is 4.52. The van der Waals surface area contributed by atoms with E-state index < -0.39 is 32.2 Å². The molecule has 0 bridgehead atoms. The zero-order valence-corrected chi connectivity index (χ0v) is 16.6. The Kier molecular flexibility index (Phi) is 5.12. The van der Waals surface area contributed by atoms with Crippen molar-refractivity contribution < 1.29 is 31.2 Å². The van der Waals surface area contributed by atoms with E-state index in [2.05, 4.69) is 25.6 Å². The lowest BCUT2D eigenvalue weighted by molar-refractivity contribution is -0.116. The maximum Gasteiger partial charge on any atom is 0.501 e. The van der Waals surface area contributed by atoms with Gasteiger partial charge < -0.3 is 4.90 Å². The summed E-state index contributed by atoms with van der Waals surface area (Å²) in [5, 5.41) is 13.4. The van der Waals surface area contributed by atoms with Crippen LogP contribution in [0.5, 0.6) is 0 Å². The smallest absolute Gasteiger partial charge is 0.310 e. The van der Waals surface area contributed by atoms with E-state index in [0.29, 0.717) is 23.4 Å². The van der Waals surface area contributed by atoms with Gasteiger partial charge in [0.15, 0.2) is 0 Å². The number of sulfone groups is 1. The number of carbonyl (C=O) groups is 2. The van der Waals surface area contributed by atoms with E-state index in [9.17, 15) is 31.2 Å². The van der Waals surface area contributed by atoms with Crippen molar-refractivity contribution in [3.05, 3.63) is 48.2 Å². The average molecular weight is 467 g/mol. The number of rotatable bonds is 5. The molecule has 166 valence electrons. The van der Waals surface area contributed by atoms with Crippen LogP contribution in [0.1, 0.15) is 5.56 Å². The summed E-state index contributed by atoms with van der Waals surface area (Å²) < 4.78 is 61.0. The number of alkyl halides is 3. The van der Waals surface area contributed by atoms with Gasteiger partial charge in [0.05, 0.1) is 10.6 Å². The monoisotopic (exact) mass is 467 g/mol. The first-order valence-corrected chi connectivity index (χ1v) is 10.3. The molecule has 1 aliphatic rings. The molecule has 3 aromatic rings. The maximum atomic E-state index is 12.8. The molecule has 0 aliphatic carbocycles. The van der Waals surface area contributed by atoms with Crippen LogP contribution in [0.4, 0.5) is 23.7 Å². The van der Waals surface area contributed by atoms with Gasteiger partial charge in [0.1, 0.15) is 12.2 Å². The van der Waals surface area contributed by atoms with E-state index in [1.54, 1.807) is 12.1 Å². The molecule has 15 heteroatoms. The van der Waals surface area contributed by atoms with Crippen molar-refractivity contribution in [3.8, 4) is 11.5 Å². The number of urea groups is 1. The van der Waals surface area contributed by atoms with Crippen molar-refractivity contribution >= 4 is 27.5 Å². The third kappa shape index (κ3) is 3.77. The number of benzene rings is 1. The number of tetrazole rings is 1. The average Bonchev–Trinajstić information content (AvgIpc) is 3.36. The molecule has 1 saturated heterocycles. The maximum absolute atomic E-state index is 12.8. The first-order valence-electron chi connectivity index (χ1n) is 8.80. The molecule has 4 rings (SSSR count). The van der Waals surface area contributed by atoms with Crippen LogP contribution in [0.3, 0.4) is 0 Å². The van der Waals surface area contributed by atoms with Gasteiger partial charge in [-0.15, -0.1) is 10.2 Å². The molecule has 0 radical (unpaired) electrons. The third-order valence-corrected chi connectivity index (χ3v) is 6.02.